The molecule has 172 valence electrons. The van der Waals surface area contributed by atoms with Gasteiger partial charge in [0, 0.05) is 18.7 Å². The van der Waals surface area contributed by atoms with Crippen LogP contribution in [0.2, 0.25) is 5.02 Å². The number of benzene rings is 3. The van der Waals surface area contributed by atoms with Crippen LogP contribution < -0.4 is 18.9 Å². The van der Waals surface area contributed by atoms with Crippen molar-refractivity contribution in [3.63, 3.8) is 0 Å². The van der Waals surface area contributed by atoms with Gasteiger partial charge in [-0.1, -0.05) is 23.7 Å². The van der Waals surface area contributed by atoms with Gasteiger partial charge in [0.1, 0.15) is 24.0 Å². The summed E-state index contributed by atoms with van der Waals surface area (Å²) in [6.45, 7) is 3.58. The lowest BCUT2D eigenvalue weighted by Crippen LogP contribution is -2.31. The fraction of sp³-hybridized carbons (Fsp3) is 0.192. The van der Waals surface area contributed by atoms with Crippen molar-refractivity contribution in [3.8, 4) is 23.0 Å². The Hall–Kier alpha value is -3.55. The van der Waals surface area contributed by atoms with Crippen LogP contribution in [0.4, 0.5) is 4.39 Å². The van der Waals surface area contributed by atoms with Gasteiger partial charge in [-0.3, -0.25) is 9.69 Å². The van der Waals surface area contributed by atoms with Gasteiger partial charge in [0.25, 0.3) is 0 Å². The first-order valence-electron chi connectivity index (χ1n) is 10.8. The zero-order valence-electron chi connectivity index (χ0n) is 18.2. The Morgan fingerprint density at radius 2 is 1.94 bits per heavy atom. The molecule has 3 aromatic rings. The smallest absolute Gasteiger partial charge is 0.232 e. The number of aryl methyl sites for hydroxylation is 1. The maximum atomic E-state index is 14.3. The first-order valence-corrected chi connectivity index (χ1v) is 11.1. The summed E-state index contributed by atoms with van der Waals surface area (Å²) in [5, 5.41) is 0.205. The Balaban J connectivity index is 1.31. The molecule has 34 heavy (non-hydrogen) atoms. The minimum Gasteiger partial charge on any atom is -0.478 e. The molecule has 0 unspecified atom stereocenters. The van der Waals surface area contributed by atoms with E-state index < -0.39 is 5.82 Å². The second-order valence-corrected chi connectivity index (χ2v) is 8.80. The highest BCUT2D eigenvalue weighted by Crippen LogP contribution is 2.44. The van der Waals surface area contributed by atoms with Gasteiger partial charge in [0.2, 0.25) is 12.6 Å². The van der Waals surface area contributed by atoms with Crippen molar-refractivity contribution >= 4 is 23.5 Å². The van der Waals surface area contributed by atoms with Crippen molar-refractivity contribution in [1.29, 1.82) is 0 Å². The third-order valence-corrected chi connectivity index (χ3v) is 6.44. The minimum atomic E-state index is -0.524. The number of fused-ring (bicyclic) bond motifs is 4. The maximum Gasteiger partial charge on any atom is 0.232 e. The molecule has 3 heterocycles. The molecule has 8 heteroatoms. The van der Waals surface area contributed by atoms with Crippen molar-refractivity contribution < 1.29 is 28.1 Å². The number of hydrogen-bond acceptors (Lipinski definition) is 6. The quantitative estimate of drug-likeness (QED) is 0.463. The fourth-order valence-corrected chi connectivity index (χ4v) is 4.67. The molecular weight excluding hydrogens is 461 g/mol. The third-order valence-electron chi connectivity index (χ3n) is 6.11. The van der Waals surface area contributed by atoms with E-state index in [0.717, 1.165) is 28.2 Å². The highest BCUT2D eigenvalue weighted by Gasteiger charge is 2.35. The largest absolute Gasteiger partial charge is 0.478 e. The van der Waals surface area contributed by atoms with Crippen LogP contribution >= 0.6 is 11.6 Å². The van der Waals surface area contributed by atoms with E-state index in [1.807, 2.05) is 31.2 Å². The Morgan fingerprint density at radius 1 is 1.09 bits per heavy atom. The topological polar surface area (TPSA) is 57.2 Å². The molecule has 3 aromatic carbocycles. The van der Waals surface area contributed by atoms with Gasteiger partial charge in [-0.15, -0.1) is 0 Å². The summed E-state index contributed by atoms with van der Waals surface area (Å²) < 4.78 is 37.2. The molecule has 0 fully saturated rings. The molecule has 0 saturated carbocycles. The molecule has 0 radical (unpaired) electrons. The van der Waals surface area contributed by atoms with E-state index in [4.69, 9.17) is 30.5 Å². The number of hydrogen-bond donors (Lipinski definition) is 0. The number of ketones is 1. The van der Waals surface area contributed by atoms with Crippen LogP contribution in [0.3, 0.4) is 0 Å². The van der Waals surface area contributed by atoms with Gasteiger partial charge in [-0.05, 0) is 54.5 Å². The number of Topliss-reactive ketones (excluding diaryl/α,β-unsaturated/α-hetero) is 1. The van der Waals surface area contributed by atoms with Crippen molar-refractivity contribution in [3.05, 3.63) is 86.9 Å². The van der Waals surface area contributed by atoms with E-state index in [9.17, 15) is 9.18 Å². The lowest BCUT2D eigenvalue weighted by molar-refractivity contribution is 0.0871. The summed E-state index contributed by atoms with van der Waals surface area (Å²) in [7, 11) is 0. The van der Waals surface area contributed by atoms with E-state index >= 15 is 0 Å². The predicted molar refractivity (Wildman–Crippen MR) is 123 cm³/mol. The second kappa shape index (κ2) is 8.04. The van der Waals surface area contributed by atoms with E-state index in [2.05, 4.69) is 4.90 Å². The zero-order valence-corrected chi connectivity index (χ0v) is 18.9. The van der Waals surface area contributed by atoms with Crippen molar-refractivity contribution in [1.82, 2.24) is 4.90 Å². The molecule has 3 aliphatic heterocycles. The van der Waals surface area contributed by atoms with E-state index in [0.29, 0.717) is 36.9 Å². The molecule has 6 rings (SSSR count). The summed E-state index contributed by atoms with van der Waals surface area (Å²) >= 11 is 6.15. The first-order chi connectivity index (χ1) is 16.5. The molecule has 0 amide bonds. The highest BCUT2D eigenvalue weighted by molar-refractivity contribution is 6.32. The first kappa shape index (κ1) is 21.0. The Kier molecular flexibility index (Phi) is 4.97. The zero-order chi connectivity index (χ0) is 23.4. The third kappa shape index (κ3) is 3.48. The monoisotopic (exact) mass is 479 g/mol. The number of carbonyl (C=O) groups is 1. The average molecular weight is 480 g/mol. The number of carbonyl (C=O) groups excluding carboxylic acids is 1. The van der Waals surface area contributed by atoms with Crippen LogP contribution in [-0.4, -0.2) is 24.2 Å². The number of nitrogens with zero attached hydrogens (tertiary/aromatic N) is 1. The normalized spacial score (nSPS) is 17.4. The molecular formula is C26H19ClFNO5. The SMILES string of the molecule is Cc1cc2c(c3c1C(=O)/C(=C/c1c(F)cccc1Cl)O3)CN(Cc1ccc3c(c1)OCO3)CO2. The van der Waals surface area contributed by atoms with E-state index in [-0.39, 0.29) is 28.9 Å². The molecule has 0 spiro atoms. The molecule has 0 bridgehead atoms. The van der Waals surface area contributed by atoms with Gasteiger partial charge >= 0.3 is 0 Å². The van der Waals surface area contributed by atoms with Gasteiger partial charge in [-0.2, -0.15) is 0 Å². The molecule has 0 saturated heterocycles. The van der Waals surface area contributed by atoms with Crippen LogP contribution in [0.5, 0.6) is 23.0 Å². The Labute approximate surface area is 200 Å². The predicted octanol–water partition coefficient (Wildman–Crippen LogP) is 5.48. The summed E-state index contributed by atoms with van der Waals surface area (Å²) in [6.07, 6.45) is 1.36. The molecule has 0 aromatic heterocycles. The van der Waals surface area contributed by atoms with Gasteiger partial charge < -0.3 is 18.9 Å². The number of rotatable bonds is 3. The van der Waals surface area contributed by atoms with Gasteiger partial charge in [-0.25, -0.2) is 4.39 Å². The van der Waals surface area contributed by atoms with Gasteiger partial charge in [0.05, 0.1) is 16.1 Å². The van der Waals surface area contributed by atoms with Crippen LogP contribution in [0.1, 0.15) is 32.6 Å². The summed E-state index contributed by atoms with van der Waals surface area (Å²) in [5.74, 6) is 1.80. The lowest BCUT2D eigenvalue weighted by Gasteiger charge is -2.30. The standard InChI is InChI=1S/C26H19ClFNO5/c1-14-7-21-17(11-29(12-31-21)10-15-5-6-20-22(8-15)33-13-32-20)26-24(14)25(30)23(34-26)9-16-18(27)3-2-4-19(16)28/h2-9H,10-13H2,1H3/b23-9-. The van der Waals surface area contributed by atoms with Crippen LogP contribution in [0.15, 0.2) is 48.2 Å². The van der Waals surface area contributed by atoms with Crippen molar-refractivity contribution in [2.24, 2.45) is 0 Å². The highest BCUT2D eigenvalue weighted by atomic mass is 35.5. The number of ether oxygens (including phenoxy) is 4. The lowest BCUT2D eigenvalue weighted by atomic mass is 9.98. The van der Waals surface area contributed by atoms with Gasteiger partial charge in [0.15, 0.2) is 17.3 Å². The second-order valence-electron chi connectivity index (χ2n) is 8.40. The molecule has 6 nitrogen and oxygen atoms in total. The minimum absolute atomic E-state index is 0.0337. The average Bonchev–Trinajstić information content (AvgIpc) is 3.41. The molecule has 0 atom stereocenters. The Morgan fingerprint density at radius 3 is 2.79 bits per heavy atom. The van der Waals surface area contributed by atoms with E-state index in [1.165, 1.54) is 18.2 Å². The summed E-state index contributed by atoms with van der Waals surface area (Å²) in [4.78, 5) is 15.3. The Bertz CT molecular complexity index is 1370. The fourth-order valence-electron chi connectivity index (χ4n) is 4.45. The summed E-state index contributed by atoms with van der Waals surface area (Å²) in [5.41, 5.74) is 3.15. The molecule has 0 N–H and O–H groups in total. The number of halogens is 2. The number of allylic oxidation sites excluding steroid dienone is 1. The van der Waals surface area contributed by atoms with Crippen LogP contribution in [0.25, 0.3) is 6.08 Å². The molecule has 3 aliphatic rings. The van der Waals surface area contributed by atoms with Crippen LogP contribution in [-0.2, 0) is 13.1 Å². The van der Waals surface area contributed by atoms with Crippen molar-refractivity contribution in [2.75, 3.05) is 13.5 Å². The van der Waals surface area contributed by atoms with E-state index in [1.54, 1.807) is 6.07 Å². The van der Waals surface area contributed by atoms with Crippen molar-refractivity contribution in [2.45, 2.75) is 20.0 Å². The van der Waals surface area contributed by atoms with Crippen LogP contribution in [0, 0.1) is 12.7 Å². The molecule has 0 aliphatic carbocycles. The maximum absolute atomic E-state index is 14.3. The summed E-state index contributed by atoms with van der Waals surface area (Å²) in [6, 6.07) is 12.1.